The monoisotopic (exact) mass is 183 g/mol. The van der Waals surface area contributed by atoms with E-state index in [-0.39, 0.29) is 11.6 Å². The van der Waals surface area contributed by atoms with E-state index in [0.717, 1.165) is 32.5 Å². The van der Waals surface area contributed by atoms with Gasteiger partial charge >= 0.3 is 0 Å². The molecule has 2 saturated heterocycles. The molecule has 2 rings (SSSR count). The van der Waals surface area contributed by atoms with E-state index >= 15 is 0 Å². The fraction of sp³-hybridized carbons (Fsp3) is 0.889. The van der Waals surface area contributed by atoms with E-state index in [2.05, 4.69) is 22.5 Å². The Bertz CT molecular complexity index is 211. The molecule has 1 amide bonds. The lowest BCUT2D eigenvalue weighted by atomic mass is 9.97. The summed E-state index contributed by atoms with van der Waals surface area (Å²) in [4.78, 5) is 13.6. The van der Waals surface area contributed by atoms with Crippen LogP contribution in [0.25, 0.3) is 0 Å². The molecule has 2 heterocycles. The lowest BCUT2D eigenvalue weighted by Crippen LogP contribution is -2.57. The van der Waals surface area contributed by atoms with Gasteiger partial charge in [-0.2, -0.15) is 0 Å². The molecular formula is C9H17N3O. The highest BCUT2D eigenvalue weighted by atomic mass is 16.2. The maximum Gasteiger partial charge on any atom is 0.235 e. The molecule has 0 aromatic carbocycles. The average Bonchev–Trinajstić information content (AvgIpc) is 2.43. The lowest BCUT2D eigenvalue weighted by Gasteiger charge is -2.40. The first-order valence-electron chi connectivity index (χ1n) is 5.04. The first kappa shape index (κ1) is 8.97. The Balaban J connectivity index is 2.13. The fourth-order valence-electron chi connectivity index (χ4n) is 2.40. The predicted molar refractivity (Wildman–Crippen MR) is 50.2 cm³/mol. The van der Waals surface area contributed by atoms with Crippen LogP contribution in [0.5, 0.6) is 0 Å². The first-order chi connectivity index (χ1) is 6.27. The Morgan fingerprint density at radius 2 is 2.15 bits per heavy atom. The van der Waals surface area contributed by atoms with Gasteiger partial charge in [-0.1, -0.05) is 6.92 Å². The van der Waals surface area contributed by atoms with Crippen molar-refractivity contribution in [2.75, 3.05) is 26.2 Å². The number of carbonyl (C=O) groups excluding carboxylic acids is 1. The molecule has 4 heteroatoms. The molecule has 2 aliphatic rings. The summed E-state index contributed by atoms with van der Waals surface area (Å²) < 4.78 is 0. The van der Waals surface area contributed by atoms with E-state index in [1.807, 2.05) is 0 Å². The van der Waals surface area contributed by atoms with Gasteiger partial charge in [-0.25, -0.2) is 0 Å². The molecule has 0 bridgehead atoms. The van der Waals surface area contributed by atoms with E-state index < -0.39 is 0 Å². The average molecular weight is 183 g/mol. The maximum atomic E-state index is 11.3. The molecule has 1 spiro atoms. The zero-order chi connectivity index (χ0) is 9.31. The standard InChI is InChI=1S/C9H17N3O/c1-2-12-7-8(13)11-9(12)3-5-10-6-4-9/h10H,2-7H2,1H3,(H,11,13). The van der Waals surface area contributed by atoms with Gasteiger partial charge in [-0.15, -0.1) is 0 Å². The summed E-state index contributed by atoms with van der Waals surface area (Å²) in [7, 11) is 0. The molecule has 13 heavy (non-hydrogen) atoms. The molecule has 2 aliphatic heterocycles. The van der Waals surface area contributed by atoms with E-state index in [9.17, 15) is 4.79 Å². The largest absolute Gasteiger partial charge is 0.337 e. The minimum absolute atomic E-state index is 0.0168. The van der Waals surface area contributed by atoms with Gasteiger partial charge in [0.1, 0.15) is 0 Å². The smallest absolute Gasteiger partial charge is 0.235 e. The first-order valence-corrected chi connectivity index (χ1v) is 5.04. The summed E-state index contributed by atoms with van der Waals surface area (Å²) in [6.45, 7) is 5.67. The zero-order valence-corrected chi connectivity index (χ0v) is 8.10. The van der Waals surface area contributed by atoms with Crippen molar-refractivity contribution in [1.82, 2.24) is 15.5 Å². The number of nitrogens with zero attached hydrogens (tertiary/aromatic N) is 1. The molecule has 2 N–H and O–H groups in total. The van der Waals surface area contributed by atoms with Crippen molar-refractivity contribution >= 4 is 5.91 Å². The minimum atomic E-state index is -0.0168. The second-order valence-electron chi connectivity index (χ2n) is 3.84. The van der Waals surface area contributed by atoms with Crippen molar-refractivity contribution < 1.29 is 4.79 Å². The minimum Gasteiger partial charge on any atom is -0.337 e. The quantitative estimate of drug-likeness (QED) is 0.577. The second-order valence-corrected chi connectivity index (χ2v) is 3.84. The Kier molecular flexibility index (Phi) is 2.26. The SMILES string of the molecule is CCN1CC(=O)NC12CCNCC2. The number of likely N-dealkylation sites (N-methyl/N-ethyl adjacent to an activating group) is 1. The van der Waals surface area contributed by atoms with Crippen LogP contribution in [0.15, 0.2) is 0 Å². The summed E-state index contributed by atoms with van der Waals surface area (Å²) in [6.07, 6.45) is 2.07. The molecule has 0 atom stereocenters. The Morgan fingerprint density at radius 1 is 1.46 bits per heavy atom. The van der Waals surface area contributed by atoms with Crippen LogP contribution in [-0.2, 0) is 4.79 Å². The molecule has 0 unspecified atom stereocenters. The van der Waals surface area contributed by atoms with E-state index in [4.69, 9.17) is 0 Å². The van der Waals surface area contributed by atoms with Crippen molar-refractivity contribution in [3.05, 3.63) is 0 Å². The Hall–Kier alpha value is -0.610. The topological polar surface area (TPSA) is 44.4 Å². The highest BCUT2D eigenvalue weighted by molar-refractivity contribution is 5.81. The third kappa shape index (κ3) is 1.44. The number of hydrogen-bond donors (Lipinski definition) is 2. The van der Waals surface area contributed by atoms with Crippen LogP contribution in [0.1, 0.15) is 19.8 Å². The summed E-state index contributed by atoms with van der Waals surface area (Å²) in [5.41, 5.74) is -0.0168. The van der Waals surface area contributed by atoms with Gasteiger partial charge in [-0.3, -0.25) is 9.69 Å². The second kappa shape index (κ2) is 3.27. The van der Waals surface area contributed by atoms with Crippen LogP contribution in [-0.4, -0.2) is 42.6 Å². The van der Waals surface area contributed by atoms with Crippen molar-refractivity contribution in [2.24, 2.45) is 0 Å². The molecule has 0 aliphatic carbocycles. The van der Waals surface area contributed by atoms with Crippen molar-refractivity contribution in [3.63, 3.8) is 0 Å². The van der Waals surface area contributed by atoms with Gasteiger partial charge in [0.2, 0.25) is 5.91 Å². The summed E-state index contributed by atoms with van der Waals surface area (Å²) >= 11 is 0. The van der Waals surface area contributed by atoms with Gasteiger partial charge < -0.3 is 10.6 Å². The summed E-state index contributed by atoms with van der Waals surface area (Å²) in [6, 6.07) is 0. The molecule has 4 nitrogen and oxygen atoms in total. The van der Waals surface area contributed by atoms with Crippen molar-refractivity contribution in [2.45, 2.75) is 25.4 Å². The Morgan fingerprint density at radius 3 is 2.77 bits per heavy atom. The zero-order valence-electron chi connectivity index (χ0n) is 8.10. The molecule has 2 fully saturated rings. The number of piperidine rings is 1. The Labute approximate surface area is 78.7 Å². The summed E-state index contributed by atoms with van der Waals surface area (Å²) in [5.74, 6) is 0.184. The third-order valence-electron chi connectivity index (χ3n) is 3.12. The molecule has 0 radical (unpaired) electrons. The molecule has 74 valence electrons. The number of rotatable bonds is 1. The van der Waals surface area contributed by atoms with Crippen molar-refractivity contribution in [1.29, 1.82) is 0 Å². The van der Waals surface area contributed by atoms with Crippen LogP contribution in [0.3, 0.4) is 0 Å². The van der Waals surface area contributed by atoms with Crippen LogP contribution >= 0.6 is 0 Å². The van der Waals surface area contributed by atoms with E-state index in [0.29, 0.717) is 6.54 Å². The highest BCUT2D eigenvalue weighted by Gasteiger charge is 2.43. The predicted octanol–water partition coefficient (Wildman–Crippen LogP) is -0.482. The van der Waals surface area contributed by atoms with Crippen LogP contribution in [0.4, 0.5) is 0 Å². The molecule has 0 aromatic heterocycles. The maximum absolute atomic E-state index is 11.3. The summed E-state index contributed by atoms with van der Waals surface area (Å²) in [5, 5.41) is 6.43. The normalized spacial score (nSPS) is 27.9. The van der Waals surface area contributed by atoms with Gasteiger partial charge in [0.05, 0.1) is 12.2 Å². The van der Waals surface area contributed by atoms with Crippen molar-refractivity contribution in [3.8, 4) is 0 Å². The van der Waals surface area contributed by atoms with E-state index in [1.165, 1.54) is 0 Å². The molecule has 0 saturated carbocycles. The fourth-order valence-corrected chi connectivity index (χ4v) is 2.40. The number of nitrogens with one attached hydrogen (secondary N) is 2. The van der Waals surface area contributed by atoms with Gasteiger partial charge in [0.15, 0.2) is 0 Å². The number of hydrogen-bond acceptors (Lipinski definition) is 3. The highest BCUT2D eigenvalue weighted by Crippen LogP contribution is 2.26. The number of amides is 1. The number of carbonyl (C=O) groups is 1. The van der Waals surface area contributed by atoms with Gasteiger partial charge in [-0.05, 0) is 32.5 Å². The van der Waals surface area contributed by atoms with Gasteiger partial charge in [0, 0.05) is 0 Å². The lowest BCUT2D eigenvalue weighted by molar-refractivity contribution is -0.119. The molecular weight excluding hydrogens is 166 g/mol. The van der Waals surface area contributed by atoms with Crippen LogP contribution in [0.2, 0.25) is 0 Å². The van der Waals surface area contributed by atoms with E-state index in [1.54, 1.807) is 0 Å². The van der Waals surface area contributed by atoms with Crippen LogP contribution in [0, 0.1) is 0 Å². The molecule has 0 aromatic rings. The van der Waals surface area contributed by atoms with Gasteiger partial charge in [0.25, 0.3) is 0 Å². The third-order valence-corrected chi connectivity index (χ3v) is 3.12. The van der Waals surface area contributed by atoms with Crippen LogP contribution < -0.4 is 10.6 Å².